The zero-order valence-corrected chi connectivity index (χ0v) is 17.9. The molecule has 0 bridgehead atoms. The summed E-state index contributed by atoms with van der Waals surface area (Å²) in [6, 6.07) is 5.66. The van der Waals surface area contributed by atoms with Crippen molar-refractivity contribution in [2.24, 2.45) is 0 Å². The Bertz CT molecular complexity index is 802. The van der Waals surface area contributed by atoms with Crippen LogP contribution in [0.1, 0.15) is 34.6 Å². The van der Waals surface area contributed by atoms with Gasteiger partial charge in [0.1, 0.15) is 38.6 Å². The smallest absolute Gasteiger partial charge is 0.339 e. The van der Waals surface area contributed by atoms with Gasteiger partial charge in [-0.15, -0.1) is 0 Å². The first-order valence-electron chi connectivity index (χ1n) is 9.47. The van der Waals surface area contributed by atoms with Crippen LogP contribution in [-0.4, -0.2) is 72.4 Å². The molecular formula is C22H26O10. The van der Waals surface area contributed by atoms with E-state index in [1.807, 2.05) is 0 Å². The van der Waals surface area contributed by atoms with Crippen LogP contribution < -0.4 is 0 Å². The molecule has 0 aliphatic rings. The van der Waals surface area contributed by atoms with Crippen LogP contribution in [0.2, 0.25) is 0 Å². The Morgan fingerprint density at radius 1 is 0.719 bits per heavy atom. The molecule has 10 heteroatoms. The molecule has 1 aromatic carbocycles. The van der Waals surface area contributed by atoms with E-state index >= 15 is 0 Å². The maximum Gasteiger partial charge on any atom is 0.339 e. The van der Waals surface area contributed by atoms with E-state index in [1.54, 1.807) is 0 Å². The molecule has 2 unspecified atom stereocenters. The third-order valence-electron chi connectivity index (χ3n) is 3.87. The first-order valence-corrected chi connectivity index (χ1v) is 9.47. The first kappa shape index (κ1) is 26.5. The monoisotopic (exact) mass is 450 g/mol. The molecule has 2 N–H and O–H groups in total. The number of carbonyl (C=O) groups is 4. The third kappa shape index (κ3) is 9.11. The van der Waals surface area contributed by atoms with Gasteiger partial charge in [-0.3, -0.25) is 9.59 Å². The second-order valence-electron chi connectivity index (χ2n) is 6.63. The van der Waals surface area contributed by atoms with Crippen LogP contribution in [0.25, 0.3) is 0 Å². The summed E-state index contributed by atoms with van der Waals surface area (Å²) in [6.07, 6.45) is -2.46. The minimum Gasteiger partial charge on any atom is -0.488 e. The molecule has 2 atom stereocenters. The number of aliphatic hydroxyl groups is 2. The van der Waals surface area contributed by atoms with Crippen LogP contribution in [-0.2, 0) is 28.5 Å². The summed E-state index contributed by atoms with van der Waals surface area (Å²) in [6.45, 7) is 7.70. The van der Waals surface area contributed by atoms with Gasteiger partial charge in [0, 0.05) is 13.8 Å². The van der Waals surface area contributed by atoms with Gasteiger partial charge < -0.3 is 29.2 Å². The lowest BCUT2D eigenvalue weighted by molar-refractivity contribution is -0.118. The number of hydrogen-bond donors (Lipinski definition) is 2. The van der Waals surface area contributed by atoms with Gasteiger partial charge >= 0.3 is 11.9 Å². The lowest BCUT2D eigenvalue weighted by Gasteiger charge is -2.15. The average molecular weight is 450 g/mol. The van der Waals surface area contributed by atoms with E-state index in [4.69, 9.17) is 18.9 Å². The summed E-state index contributed by atoms with van der Waals surface area (Å²) in [5.41, 5.74) is -0.232. The Labute approximate surface area is 185 Å². The number of ether oxygens (including phenoxy) is 4. The number of carbonyl (C=O) groups excluding carboxylic acids is 4. The fraction of sp³-hybridized carbons (Fsp3) is 0.364. The highest BCUT2D eigenvalue weighted by Gasteiger charge is 2.21. The van der Waals surface area contributed by atoms with Crippen molar-refractivity contribution in [2.45, 2.75) is 26.1 Å². The van der Waals surface area contributed by atoms with E-state index in [9.17, 15) is 29.4 Å². The van der Waals surface area contributed by atoms with Crippen molar-refractivity contribution in [3.05, 3.63) is 60.1 Å². The Balaban J connectivity index is 2.60. The van der Waals surface area contributed by atoms with Crippen LogP contribution >= 0.6 is 0 Å². The number of Topliss-reactive ketones (excluding diaryl/α,β-unsaturated/α-hetero) is 2. The molecule has 0 saturated carbocycles. The Morgan fingerprint density at radius 2 is 1.03 bits per heavy atom. The van der Waals surface area contributed by atoms with Gasteiger partial charge in [0.2, 0.25) is 0 Å². The third-order valence-corrected chi connectivity index (χ3v) is 3.87. The minimum absolute atomic E-state index is 0.116. The zero-order chi connectivity index (χ0) is 24.3. The molecule has 0 aromatic heterocycles. The molecular weight excluding hydrogens is 424 g/mol. The molecule has 0 heterocycles. The number of ketones is 2. The van der Waals surface area contributed by atoms with Crippen LogP contribution in [0.3, 0.4) is 0 Å². The number of hydrogen-bond acceptors (Lipinski definition) is 10. The predicted molar refractivity (Wildman–Crippen MR) is 111 cm³/mol. The summed E-state index contributed by atoms with van der Waals surface area (Å²) in [7, 11) is 0. The van der Waals surface area contributed by atoms with E-state index < -0.39 is 48.9 Å². The van der Waals surface area contributed by atoms with Crippen molar-refractivity contribution in [2.75, 3.05) is 26.4 Å². The molecule has 0 saturated heterocycles. The molecule has 174 valence electrons. The van der Waals surface area contributed by atoms with E-state index in [0.29, 0.717) is 0 Å². The first-order chi connectivity index (χ1) is 15.0. The molecule has 10 nitrogen and oxygen atoms in total. The lowest BCUT2D eigenvalue weighted by atomic mass is 10.1. The summed E-state index contributed by atoms with van der Waals surface area (Å²) in [5, 5.41) is 19.6. The van der Waals surface area contributed by atoms with Crippen molar-refractivity contribution in [3.8, 4) is 0 Å². The van der Waals surface area contributed by atoms with Gasteiger partial charge in [0.25, 0.3) is 0 Å². The average Bonchev–Trinajstić information content (AvgIpc) is 2.77. The molecule has 1 aromatic rings. The highest BCUT2D eigenvalue weighted by atomic mass is 16.6. The highest BCUT2D eigenvalue weighted by Crippen LogP contribution is 2.13. The quantitative estimate of drug-likeness (QED) is 0.239. The van der Waals surface area contributed by atoms with E-state index in [2.05, 4.69) is 13.2 Å². The zero-order valence-electron chi connectivity index (χ0n) is 17.9. The van der Waals surface area contributed by atoms with Crippen LogP contribution in [0.5, 0.6) is 0 Å². The van der Waals surface area contributed by atoms with Gasteiger partial charge in [0.05, 0.1) is 11.1 Å². The Kier molecular flexibility index (Phi) is 10.8. The number of allylic oxidation sites excluding steroid dienone is 2. The number of rotatable bonds is 14. The van der Waals surface area contributed by atoms with Crippen LogP contribution in [0.15, 0.2) is 48.9 Å². The maximum absolute atomic E-state index is 12.3. The number of benzene rings is 1. The lowest BCUT2D eigenvalue weighted by Crippen LogP contribution is -2.26. The van der Waals surface area contributed by atoms with Crippen molar-refractivity contribution < 1.29 is 48.3 Å². The van der Waals surface area contributed by atoms with E-state index in [-0.39, 0.29) is 35.9 Å². The van der Waals surface area contributed by atoms with Crippen molar-refractivity contribution in [1.82, 2.24) is 0 Å². The van der Waals surface area contributed by atoms with Crippen LogP contribution in [0, 0.1) is 0 Å². The second-order valence-corrected chi connectivity index (χ2v) is 6.63. The van der Waals surface area contributed by atoms with E-state index in [1.165, 1.54) is 38.1 Å². The van der Waals surface area contributed by atoms with E-state index in [0.717, 1.165) is 0 Å². The van der Waals surface area contributed by atoms with Gasteiger partial charge in [-0.25, -0.2) is 9.59 Å². The fourth-order valence-corrected chi connectivity index (χ4v) is 2.03. The number of aliphatic hydroxyl groups excluding tert-OH is 2. The molecule has 1 rings (SSSR count). The highest BCUT2D eigenvalue weighted by molar-refractivity contribution is 6.03. The Morgan fingerprint density at radius 3 is 1.34 bits per heavy atom. The normalized spacial score (nSPS) is 12.1. The number of esters is 2. The second kappa shape index (κ2) is 13.0. The van der Waals surface area contributed by atoms with Gasteiger partial charge in [-0.2, -0.15) is 0 Å². The van der Waals surface area contributed by atoms with Crippen molar-refractivity contribution in [3.63, 3.8) is 0 Å². The van der Waals surface area contributed by atoms with Gasteiger partial charge in [-0.1, -0.05) is 25.3 Å². The molecule has 0 amide bonds. The summed E-state index contributed by atoms with van der Waals surface area (Å²) in [4.78, 5) is 46.7. The molecule has 32 heavy (non-hydrogen) atoms. The predicted octanol–water partition coefficient (Wildman–Crippen LogP) is 0.961. The largest absolute Gasteiger partial charge is 0.488 e. The molecule has 0 radical (unpaired) electrons. The topological polar surface area (TPSA) is 146 Å². The summed E-state index contributed by atoms with van der Waals surface area (Å²) < 4.78 is 19.9. The molecule has 0 spiro atoms. The fourth-order valence-electron chi connectivity index (χ4n) is 2.03. The Hall–Kier alpha value is -3.50. The summed E-state index contributed by atoms with van der Waals surface area (Å²) >= 11 is 0. The SMILES string of the molecule is C=C(OCC(O)COC(=O)c1ccccc1C(=O)OCC(O)COC(=C)C(C)=O)C(C)=O. The molecule has 0 aliphatic heterocycles. The van der Waals surface area contributed by atoms with Crippen molar-refractivity contribution >= 4 is 23.5 Å². The van der Waals surface area contributed by atoms with Crippen LogP contribution in [0.4, 0.5) is 0 Å². The molecule has 0 aliphatic carbocycles. The van der Waals surface area contributed by atoms with Gasteiger partial charge in [0.15, 0.2) is 23.1 Å². The minimum atomic E-state index is -1.23. The van der Waals surface area contributed by atoms with Crippen molar-refractivity contribution in [1.29, 1.82) is 0 Å². The van der Waals surface area contributed by atoms with Gasteiger partial charge in [-0.05, 0) is 12.1 Å². The summed E-state index contributed by atoms with van der Waals surface area (Å²) in [5.74, 6) is -2.88. The molecule has 0 fully saturated rings. The maximum atomic E-state index is 12.3. The standard InChI is InChI=1S/C22H26O10/c1-13(23)15(3)29-9-17(25)11-31-21(27)19-7-5-6-8-20(19)22(28)32-12-18(26)10-30-16(4)14(2)24/h5-8,17-18,25-26H,3-4,9-12H2,1-2H3.